The van der Waals surface area contributed by atoms with Crippen LogP contribution in [0.2, 0.25) is 0 Å². The van der Waals surface area contributed by atoms with Crippen LogP contribution in [0.25, 0.3) is 17.1 Å². The van der Waals surface area contributed by atoms with Crippen molar-refractivity contribution in [3.8, 4) is 11.5 Å². The maximum absolute atomic E-state index is 12.3. The van der Waals surface area contributed by atoms with Gasteiger partial charge in [-0.1, -0.05) is 30.4 Å². The van der Waals surface area contributed by atoms with Crippen molar-refractivity contribution in [3.05, 3.63) is 59.9 Å². The van der Waals surface area contributed by atoms with Crippen LogP contribution in [0.4, 0.5) is 0 Å². The first-order valence-corrected chi connectivity index (χ1v) is 8.78. The summed E-state index contributed by atoms with van der Waals surface area (Å²) in [6.45, 7) is 3.72. The van der Waals surface area contributed by atoms with Gasteiger partial charge < -0.3 is 19.8 Å². The molecule has 1 amide bonds. The molecule has 3 aromatic rings. The zero-order valence-corrected chi connectivity index (χ0v) is 15.7. The summed E-state index contributed by atoms with van der Waals surface area (Å²) in [7, 11) is 1.57. The lowest BCUT2D eigenvalue weighted by atomic mass is 10.2. The molecule has 0 aliphatic rings. The quantitative estimate of drug-likeness (QED) is 0.667. The largest absolute Gasteiger partial charge is 0.493 e. The van der Waals surface area contributed by atoms with Crippen molar-refractivity contribution < 1.29 is 14.3 Å². The fourth-order valence-corrected chi connectivity index (χ4v) is 2.77. The number of amides is 1. The number of aromatic nitrogens is 2. The van der Waals surface area contributed by atoms with Crippen molar-refractivity contribution >= 4 is 23.0 Å². The van der Waals surface area contributed by atoms with Gasteiger partial charge in [0.05, 0.1) is 24.2 Å². The molecule has 6 nitrogen and oxygen atoms in total. The van der Waals surface area contributed by atoms with Gasteiger partial charge in [0.1, 0.15) is 5.82 Å². The first-order valence-electron chi connectivity index (χ1n) is 8.78. The summed E-state index contributed by atoms with van der Waals surface area (Å²) in [6, 6.07) is 13.1. The summed E-state index contributed by atoms with van der Waals surface area (Å²) < 4.78 is 11.0. The highest BCUT2D eigenvalue weighted by molar-refractivity contribution is 5.78. The summed E-state index contributed by atoms with van der Waals surface area (Å²) in [5.74, 6) is 1.58. The number of imidazole rings is 1. The van der Waals surface area contributed by atoms with E-state index in [4.69, 9.17) is 9.47 Å². The molecule has 1 atom stereocenters. The zero-order valence-electron chi connectivity index (χ0n) is 15.7. The van der Waals surface area contributed by atoms with Crippen LogP contribution in [-0.2, 0) is 4.79 Å². The SMILES string of the molecule is C/C=C/c1ccc(OCC(=O)NC(C)c2nc3ccccc3[nH]2)c(OC)c1. The second-order valence-corrected chi connectivity index (χ2v) is 6.13. The van der Waals surface area contributed by atoms with E-state index in [1.165, 1.54) is 0 Å². The molecule has 0 saturated carbocycles. The maximum atomic E-state index is 12.3. The molecule has 0 saturated heterocycles. The third-order valence-corrected chi connectivity index (χ3v) is 4.10. The highest BCUT2D eigenvalue weighted by atomic mass is 16.5. The van der Waals surface area contributed by atoms with Crippen LogP contribution in [-0.4, -0.2) is 29.6 Å². The average molecular weight is 365 g/mol. The molecule has 6 heteroatoms. The minimum Gasteiger partial charge on any atom is -0.493 e. The highest BCUT2D eigenvalue weighted by Crippen LogP contribution is 2.28. The summed E-state index contributed by atoms with van der Waals surface area (Å²) in [6.07, 6.45) is 3.91. The molecule has 2 aromatic carbocycles. The molecule has 0 radical (unpaired) electrons. The second-order valence-electron chi connectivity index (χ2n) is 6.13. The molecular formula is C21H23N3O3. The van der Waals surface area contributed by atoms with Crippen molar-refractivity contribution in [3.63, 3.8) is 0 Å². The Kier molecular flexibility index (Phi) is 5.76. The number of hydrogen-bond donors (Lipinski definition) is 2. The van der Waals surface area contributed by atoms with E-state index < -0.39 is 0 Å². The lowest BCUT2D eigenvalue weighted by Gasteiger charge is -2.14. The summed E-state index contributed by atoms with van der Waals surface area (Å²) in [4.78, 5) is 20.0. The Hall–Kier alpha value is -3.28. The molecule has 0 fully saturated rings. The molecule has 1 unspecified atom stereocenters. The Morgan fingerprint density at radius 1 is 1.26 bits per heavy atom. The van der Waals surface area contributed by atoms with Gasteiger partial charge in [-0.05, 0) is 43.7 Å². The third-order valence-electron chi connectivity index (χ3n) is 4.10. The number of carbonyl (C=O) groups is 1. The van der Waals surface area contributed by atoms with Gasteiger partial charge in [0.25, 0.3) is 5.91 Å². The predicted octanol–water partition coefficient (Wildman–Crippen LogP) is 3.86. The normalized spacial score (nSPS) is 12.3. The van der Waals surface area contributed by atoms with Gasteiger partial charge in [-0.3, -0.25) is 4.79 Å². The standard InChI is InChI=1S/C21H23N3O3/c1-4-7-15-10-11-18(19(12-15)26-3)27-13-20(25)22-14(2)21-23-16-8-5-6-9-17(16)24-21/h4-12,14H,13H2,1-3H3,(H,22,25)(H,23,24)/b7-4+. The van der Waals surface area contributed by atoms with E-state index in [0.29, 0.717) is 17.3 Å². The highest BCUT2D eigenvalue weighted by Gasteiger charge is 2.15. The van der Waals surface area contributed by atoms with E-state index in [2.05, 4.69) is 15.3 Å². The van der Waals surface area contributed by atoms with E-state index in [1.807, 2.05) is 62.4 Å². The molecule has 0 bridgehead atoms. The molecule has 3 rings (SSSR count). The van der Waals surface area contributed by atoms with Gasteiger partial charge >= 0.3 is 0 Å². The average Bonchev–Trinajstić information content (AvgIpc) is 3.11. The fourth-order valence-electron chi connectivity index (χ4n) is 2.77. The summed E-state index contributed by atoms with van der Waals surface area (Å²) >= 11 is 0. The van der Waals surface area contributed by atoms with Gasteiger partial charge in [0, 0.05) is 0 Å². The zero-order chi connectivity index (χ0) is 19.2. The van der Waals surface area contributed by atoms with E-state index in [0.717, 1.165) is 16.6 Å². The van der Waals surface area contributed by atoms with Gasteiger partial charge in [0.15, 0.2) is 18.1 Å². The molecule has 140 valence electrons. The molecule has 1 heterocycles. The van der Waals surface area contributed by atoms with Gasteiger partial charge in [-0.15, -0.1) is 0 Å². The van der Waals surface area contributed by atoms with Crippen LogP contribution in [0.3, 0.4) is 0 Å². The molecule has 0 spiro atoms. The van der Waals surface area contributed by atoms with Crippen molar-refractivity contribution in [2.24, 2.45) is 0 Å². The number of carbonyl (C=O) groups excluding carboxylic acids is 1. The number of fused-ring (bicyclic) bond motifs is 1. The topological polar surface area (TPSA) is 76.2 Å². The number of methoxy groups -OCH3 is 1. The lowest BCUT2D eigenvalue weighted by molar-refractivity contribution is -0.123. The van der Waals surface area contributed by atoms with Crippen molar-refractivity contribution in [2.75, 3.05) is 13.7 Å². The number of benzene rings is 2. The van der Waals surface area contributed by atoms with E-state index in [1.54, 1.807) is 13.2 Å². The number of nitrogens with one attached hydrogen (secondary N) is 2. The first-order chi connectivity index (χ1) is 13.1. The number of rotatable bonds is 7. The van der Waals surface area contributed by atoms with Crippen LogP contribution < -0.4 is 14.8 Å². The van der Waals surface area contributed by atoms with E-state index in [-0.39, 0.29) is 18.6 Å². The van der Waals surface area contributed by atoms with E-state index in [9.17, 15) is 4.79 Å². The number of ether oxygens (including phenoxy) is 2. The minimum atomic E-state index is -0.257. The number of hydrogen-bond acceptors (Lipinski definition) is 4. The Morgan fingerprint density at radius 3 is 2.81 bits per heavy atom. The van der Waals surface area contributed by atoms with Crippen LogP contribution in [0.1, 0.15) is 31.3 Å². The first kappa shape index (κ1) is 18.5. The van der Waals surface area contributed by atoms with Crippen molar-refractivity contribution in [2.45, 2.75) is 19.9 Å². The van der Waals surface area contributed by atoms with Crippen LogP contribution in [0, 0.1) is 0 Å². The monoisotopic (exact) mass is 365 g/mol. The number of nitrogens with zero attached hydrogens (tertiary/aromatic N) is 1. The number of aromatic amines is 1. The Labute approximate surface area is 158 Å². The van der Waals surface area contributed by atoms with Gasteiger partial charge in [-0.2, -0.15) is 0 Å². The molecule has 0 aliphatic heterocycles. The van der Waals surface area contributed by atoms with Crippen molar-refractivity contribution in [1.29, 1.82) is 0 Å². The van der Waals surface area contributed by atoms with Crippen molar-refractivity contribution in [1.82, 2.24) is 15.3 Å². The fraction of sp³-hybridized carbons (Fsp3) is 0.238. The van der Waals surface area contributed by atoms with Crippen LogP contribution >= 0.6 is 0 Å². The molecule has 2 N–H and O–H groups in total. The molecule has 0 aliphatic carbocycles. The molecule has 1 aromatic heterocycles. The minimum absolute atomic E-state index is 0.107. The number of allylic oxidation sites excluding steroid dienone is 1. The Bertz CT molecular complexity index is 929. The van der Waals surface area contributed by atoms with Gasteiger partial charge in [0.2, 0.25) is 0 Å². The molecular weight excluding hydrogens is 342 g/mol. The van der Waals surface area contributed by atoms with Gasteiger partial charge in [-0.25, -0.2) is 4.98 Å². The van der Waals surface area contributed by atoms with Crippen LogP contribution in [0.15, 0.2) is 48.5 Å². The number of para-hydroxylation sites is 2. The van der Waals surface area contributed by atoms with E-state index >= 15 is 0 Å². The smallest absolute Gasteiger partial charge is 0.258 e. The second kappa shape index (κ2) is 8.40. The number of H-pyrrole nitrogens is 1. The summed E-state index contributed by atoms with van der Waals surface area (Å²) in [5.41, 5.74) is 2.82. The predicted molar refractivity (Wildman–Crippen MR) is 106 cm³/mol. The Morgan fingerprint density at radius 2 is 2.07 bits per heavy atom. The summed E-state index contributed by atoms with van der Waals surface area (Å²) in [5, 5.41) is 2.89. The lowest BCUT2D eigenvalue weighted by Crippen LogP contribution is -2.31. The molecule has 27 heavy (non-hydrogen) atoms. The maximum Gasteiger partial charge on any atom is 0.258 e. The Balaban J connectivity index is 1.60. The van der Waals surface area contributed by atoms with Crippen LogP contribution in [0.5, 0.6) is 11.5 Å². The third kappa shape index (κ3) is 4.47.